The molecule has 7 nitrogen and oxygen atoms in total. The van der Waals surface area contributed by atoms with E-state index >= 15 is 0 Å². The largest absolute Gasteiger partial charge is 0.507 e. The SMILES string of the molecule is CC(=O)OC(=O)CCC[N+](C)(C)C.O=C(O)c1ccccc1O. The second-order valence-electron chi connectivity index (χ2n) is 5.91. The number of aromatic hydroxyl groups is 1. The van der Waals surface area contributed by atoms with Gasteiger partial charge in [-0.1, -0.05) is 12.1 Å². The molecule has 0 unspecified atom stereocenters. The minimum atomic E-state index is -1.11. The summed E-state index contributed by atoms with van der Waals surface area (Å²) in [5.74, 6) is -2.27. The molecule has 0 saturated heterocycles. The number of carbonyl (C=O) groups excluding carboxylic acids is 2. The molecule has 0 aromatic heterocycles. The molecule has 2 N–H and O–H groups in total. The zero-order valence-electron chi connectivity index (χ0n) is 13.9. The maximum atomic E-state index is 10.9. The fraction of sp³-hybridized carbons (Fsp3) is 0.438. The highest BCUT2D eigenvalue weighted by molar-refractivity contribution is 5.90. The molecular weight excluding hydrogens is 302 g/mol. The lowest BCUT2D eigenvalue weighted by molar-refractivity contribution is -0.870. The van der Waals surface area contributed by atoms with Gasteiger partial charge in [0, 0.05) is 13.3 Å². The van der Waals surface area contributed by atoms with Gasteiger partial charge in [-0.15, -0.1) is 0 Å². The summed E-state index contributed by atoms with van der Waals surface area (Å²) in [4.78, 5) is 31.5. The number of phenols is 1. The van der Waals surface area contributed by atoms with E-state index in [0.717, 1.165) is 17.4 Å². The first-order chi connectivity index (χ1) is 10.5. The Morgan fingerprint density at radius 3 is 2.09 bits per heavy atom. The van der Waals surface area contributed by atoms with E-state index in [0.29, 0.717) is 6.42 Å². The Kier molecular flexibility index (Phi) is 8.57. The Morgan fingerprint density at radius 2 is 1.70 bits per heavy atom. The lowest BCUT2D eigenvalue weighted by atomic mass is 10.2. The molecule has 0 bridgehead atoms. The van der Waals surface area contributed by atoms with Crippen molar-refractivity contribution in [2.75, 3.05) is 27.7 Å². The number of carboxylic acids is 1. The fourth-order valence-corrected chi connectivity index (χ4v) is 1.56. The van der Waals surface area contributed by atoms with Gasteiger partial charge in [-0.3, -0.25) is 9.59 Å². The Labute approximate surface area is 135 Å². The van der Waals surface area contributed by atoms with E-state index in [1.807, 2.05) is 0 Å². The summed E-state index contributed by atoms with van der Waals surface area (Å²) in [7, 11) is 6.16. The van der Waals surface area contributed by atoms with Gasteiger partial charge in [-0.05, 0) is 12.1 Å². The molecule has 1 aromatic carbocycles. The van der Waals surface area contributed by atoms with Gasteiger partial charge in [0.15, 0.2) is 0 Å². The summed E-state index contributed by atoms with van der Waals surface area (Å²) in [6, 6.07) is 5.81. The number of esters is 2. The van der Waals surface area contributed by atoms with Gasteiger partial charge < -0.3 is 19.4 Å². The number of ether oxygens (including phenoxy) is 1. The molecule has 0 aliphatic rings. The predicted molar refractivity (Wildman–Crippen MR) is 84.0 cm³/mol. The fourth-order valence-electron chi connectivity index (χ4n) is 1.56. The van der Waals surface area contributed by atoms with Crippen LogP contribution in [0.5, 0.6) is 5.75 Å². The Balaban J connectivity index is 0.000000433. The van der Waals surface area contributed by atoms with Crippen LogP contribution < -0.4 is 0 Å². The van der Waals surface area contributed by atoms with Gasteiger partial charge >= 0.3 is 17.9 Å². The molecule has 0 fully saturated rings. The van der Waals surface area contributed by atoms with E-state index in [1.54, 1.807) is 12.1 Å². The van der Waals surface area contributed by atoms with Crippen LogP contribution in [0.1, 0.15) is 30.1 Å². The molecule has 1 aromatic rings. The molecule has 0 spiro atoms. The van der Waals surface area contributed by atoms with E-state index in [2.05, 4.69) is 25.9 Å². The average Bonchev–Trinajstić information content (AvgIpc) is 2.37. The second kappa shape index (κ2) is 9.58. The summed E-state index contributed by atoms with van der Waals surface area (Å²) in [5, 5.41) is 17.3. The number of carboxylic acid groups (broad SMARTS) is 1. The highest BCUT2D eigenvalue weighted by atomic mass is 16.6. The maximum absolute atomic E-state index is 10.9. The van der Waals surface area contributed by atoms with Crippen molar-refractivity contribution < 1.29 is 33.8 Å². The molecule has 128 valence electrons. The molecule has 23 heavy (non-hydrogen) atoms. The second-order valence-corrected chi connectivity index (χ2v) is 5.91. The lowest BCUT2D eigenvalue weighted by Crippen LogP contribution is -2.35. The molecule has 0 radical (unpaired) electrons. The third-order valence-corrected chi connectivity index (χ3v) is 2.60. The van der Waals surface area contributed by atoms with Crippen LogP contribution in [0.15, 0.2) is 24.3 Å². The van der Waals surface area contributed by atoms with Gasteiger partial charge in [0.1, 0.15) is 11.3 Å². The predicted octanol–water partition coefficient (Wildman–Crippen LogP) is 1.65. The molecule has 7 heteroatoms. The molecule has 0 amide bonds. The minimum Gasteiger partial charge on any atom is -0.507 e. The Hall–Kier alpha value is -2.41. The van der Waals surface area contributed by atoms with Crippen molar-refractivity contribution >= 4 is 17.9 Å². The van der Waals surface area contributed by atoms with Crippen molar-refractivity contribution in [3.63, 3.8) is 0 Å². The number of benzene rings is 1. The minimum absolute atomic E-state index is 0.0671. The van der Waals surface area contributed by atoms with Crippen molar-refractivity contribution in [2.24, 2.45) is 0 Å². The third kappa shape index (κ3) is 10.9. The summed E-state index contributed by atoms with van der Waals surface area (Å²) in [6.07, 6.45) is 1.06. The van der Waals surface area contributed by atoms with Crippen LogP contribution in [0.25, 0.3) is 0 Å². The molecule has 0 aliphatic heterocycles. The van der Waals surface area contributed by atoms with Crippen molar-refractivity contribution in [2.45, 2.75) is 19.8 Å². The normalized spacial score (nSPS) is 10.3. The summed E-state index contributed by atoms with van der Waals surface area (Å²) in [5.41, 5.74) is -0.0671. The van der Waals surface area contributed by atoms with Crippen LogP contribution >= 0.6 is 0 Å². The van der Waals surface area contributed by atoms with Gasteiger partial charge in [0.2, 0.25) is 0 Å². The number of rotatable bonds is 5. The van der Waals surface area contributed by atoms with Gasteiger partial charge in [0.25, 0.3) is 0 Å². The van der Waals surface area contributed by atoms with Crippen LogP contribution in [0.4, 0.5) is 0 Å². The highest BCUT2D eigenvalue weighted by Crippen LogP contribution is 2.14. The molecular formula is C16H24NO6+. The first-order valence-electron chi connectivity index (χ1n) is 7.06. The molecule has 0 atom stereocenters. The van der Waals surface area contributed by atoms with Crippen molar-refractivity contribution in [3.05, 3.63) is 29.8 Å². The highest BCUT2D eigenvalue weighted by Gasteiger charge is 2.10. The van der Waals surface area contributed by atoms with Crippen LogP contribution in [0.2, 0.25) is 0 Å². The molecule has 0 saturated carbocycles. The summed E-state index contributed by atoms with van der Waals surface area (Å²) >= 11 is 0. The monoisotopic (exact) mass is 326 g/mol. The Morgan fingerprint density at radius 1 is 1.13 bits per heavy atom. The van der Waals surface area contributed by atoms with E-state index in [4.69, 9.17) is 10.2 Å². The quantitative estimate of drug-likeness (QED) is 0.485. The molecule has 0 aliphatic carbocycles. The lowest BCUT2D eigenvalue weighted by Gasteiger charge is -2.23. The maximum Gasteiger partial charge on any atom is 0.339 e. The summed E-state index contributed by atoms with van der Waals surface area (Å²) < 4.78 is 5.19. The van der Waals surface area contributed by atoms with E-state index < -0.39 is 17.9 Å². The van der Waals surface area contributed by atoms with Crippen molar-refractivity contribution in [3.8, 4) is 5.75 Å². The number of hydrogen-bond acceptors (Lipinski definition) is 5. The van der Waals surface area contributed by atoms with Crippen LogP contribution in [0, 0.1) is 0 Å². The number of para-hydroxylation sites is 1. The van der Waals surface area contributed by atoms with Crippen LogP contribution in [-0.2, 0) is 14.3 Å². The average molecular weight is 326 g/mol. The van der Waals surface area contributed by atoms with Gasteiger partial charge in [-0.2, -0.15) is 0 Å². The molecule has 0 heterocycles. The van der Waals surface area contributed by atoms with E-state index in [9.17, 15) is 14.4 Å². The smallest absolute Gasteiger partial charge is 0.339 e. The number of hydrogen-bond donors (Lipinski definition) is 2. The van der Waals surface area contributed by atoms with Crippen molar-refractivity contribution in [1.29, 1.82) is 0 Å². The van der Waals surface area contributed by atoms with Gasteiger partial charge in [-0.25, -0.2) is 4.79 Å². The Bertz CT molecular complexity index is 548. The number of nitrogens with zero attached hydrogens (tertiary/aromatic N) is 1. The van der Waals surface area contributed by atoms with Crippen LogP contribution in [0.3, 0.4) is 0 Å². The zero-order chi connectivity index (χ0) is 18.0. The van der Waals surface area contributed by atoms with Crippen LogP contribution in [-0.4, -0.2) is 60.3 Å². The van der Waals surface area contributed by atoms with E-state index in [-0.39, 0.29) is 11.3 Å². The number of aromatic carboxylic acids is 1. The number of quaternary nitrogens is 1. The summed E-state index contributed by atoms with van der Waals surface area (Å²) in [6.45, 7) is 2.13. The van der Waals surface area contributed by atoms with E-state index in [1.165, 1.54) is 19.1 Å². The standard InChI is InChI=1S/C9H18NO3.C7H6O3/c1-8(11)13-9(12)6-5-7-10(2,3)4;8-6-4-2-1-3-5(6)7(9)10/h5-7H2,1-4H3;1-4,8H,(H,9,10)/q+1;. The zero-order valence-corrected chi connectivity index (χ0v) is 13.9. The first kappa shape index (κ1) is 20.6. The van der Waals surface area contributed by atoms with Crippen molar-refractivity contribution in [1.82, 2.24) is 0 Å². The first-order valence-corrected chi connectivity index (χ1v) is 7.06. The van der Waals surface area contributed by atoms with Gasteiger partial charge in [0.05, 0.1) is 34.1 Å². The third-order valence-electron chi connectivity index (χ3n) is 2.60. The number of carbonyl (C=O) groups is 3. The molecule has 1 rings (SSSR count). The topological polar surface area (TPSA) is 101 Å².